The van der Waals surface area contributed by atoms with Crippen molar-refractivity contribution in [3.05, 3.63) is 96.1 Å². The number of carbonyl (C=O) groups is 1. The van der Waals surface area contributed by atoms with Crippen LogP contribution in [-0.4, -0.2) is 22.3 Å². The van der Waals surface area contributed by atoms with Crippen LogP contribution in [0.4, 0.5) is 4.39 Å². The van der Waals surface area contributed by atoms with E-state index in [4.69, 9.17) is 4.42 Å². The van der Waals surface area contributed by atoms with Crippen LogP contribution in [0.3, 0.4) is 0 Å². The Kier molecular flexibility index (Phi) is 5.08. The van der Waals surface area contributed by atoms with Crippen molar-refractivity contribution < 1.29 is 13.6 Å². The van der Waals surface area contributed by atoms with Gasteiger partial charge in [-0.3, -0.25) is 4.79 Å². The molecule has 3 aromatic carbocycles. The zero-order chi connectivity index (χ0) is 21.2. The van der Waals surface area contributed by atoms with E-state index in [9.17, 15) is 9.18 Å². The van der Waals surface area contributed by atoms with Gasteiger partial charge in [-0.15, -0.1) is 0 Å². The third kappa shape index (κ3) is 3.87. The summed E-state index contributed by atoms with van der Waals surface area (Å²) in [6, 6.07) is 21.7. The van der Waals surface area contributed by atoms with Crippen LogP contribution >= 0.6 is 0 Å². The van der Waals surface area contributed by atoms with Crippen LogP contribution in [0.2, 0.25) is 0 Å². The summed E-state index contributed by atoms with van der Waals surface area (Å²) in [5.41, 5.74) is 3.55. The average Bonchev–Trinajstić information content (AvgIpc) is 3.45. The molecule has 154 valence electrons. The lowest BCUT2D eigenvalue weighted by atomic mass is 10.0. The van der Waals surface area contributed by atoms with E-state index in [1.165, 1.54) is 6.07 Å². The fourth-order valence-corrected chi connectivity index (χ4v) is 4.07. The van der Waals surface area contributed by atoms with Gasteiger partial charge in [0.15, 0.2) is 5.58 Å². The third-order valence-corrected chi connectivity index (χ3v) is 5.63. The predicted octanol–water partition coefficient (Wildman–Crippen LogP) is 6.01. The van der Waals surface area contributed by atoms with Gasteiger partial charge in [0, 0.05) is 18.2 Å². The van der Waals surface area contributed by atoms with Gasteiger partial charge in [0.1, 0.15) is 17.4 Å². The van der Waals surface area contributed by atoms with Crippen molar-refractivity contribution in [1.29, 1.82) is 0 Å². The molecule has 1 unspecified atom stereocenters. The van der Waals surface area contributed by atoms with E-state index in [0.717, 1.165) is 24.0 Å². The highest BCUT2D eigenvalue weighted by atomic mass is 19.1. The summed E-state index contributed by atoms with van der Waals surface area (Å²) in [4.78, 5) is 19.3. The Balaban J connectivity index is 1.41. The van der Waals surface area contributed by atoms with E-state index in [1.807, 2.05) is 65.6 Å². The normalized spacial score (nSPS) is 16.4. The molecule has 5 heteroatoms. The maximum absolute atomic E-state index is 14.2. The third-order valence-electron chi connectivity index (χ3n) is 5.63. The van der Waals surface area contributed by atoms with Crippen LogP contribution in [0.25, 0.3) is 28.3 Å². The maximum atomic E-state index is 14.2. The molecule has 5 rings (SSSR count). The minimum Gasteiger partial charge on any atom is -0.438 e. The molecule has 31 heavy (non-hydrogen) atoms. The van der Waals surface area contributed by atoms with Crippen LogP contribution in [0.1, 0.15) is 30.3 Å². The number of carbonyl (C=O) groups excluding carboxylic acids is 1. The summed E-state index contributed by atoms with van der Waals surface area (Å²) in [5, 5.41) is 0. The number of hydrogen-bond acceptors (Lipinski definition) is 3. The molecule has 1 aliphatic rings. The van der Waals surface area contributed by atoms with Crippen LogP contribution in [0.15, 0.2) is 83.3 Å². The van der Waals surface area contributed by atoms with Crippen molar-refractivity contribution >= 4 is 23.1 Å². The highest BCUT2D eigenvalue weighted by molar-refractivity contribution is 5.92. The molecule has 4 aromatic rings. The zero-order valence-corrected chi connectivity index (χ0v) is 16.9. The number of oxazole rings is 1. The van der Waals surface area contributed by atoms with Crippen LogP contribution < -0.4 is 0 Å². The second-order valence-electron chi connectivity index (χ2n) is 7.65. The van der Waals surface area contributed by atoms with Crippen molar-refractivity contribution in [3.63, 3.8) is 0 Å². The summed E-state index contributed by atoms with van der Waals surface area (Å²) in [7, 11) is 0. The molecular weight excluding hydrogens is 391 g/mol. The van der Waals surface area contributed by atoms with Crippen molar-refractivity contribution in [1.82, 2.24) is 9.88 Å². The van der Waals surface area contributed by atoms with Crippen LogP contribution in [-0.2, 0) is 4.79 Å². The first-order valence-corrected chi connectivity index (χ1v) is 10.4. The Hall–Kier alpha value is -3.73. The minimum atomic E-state index is -0.275. The second kappa shape index (κ2) is 8.19. The molecule has 0 aliphatic carbocycles. The molecule has 0 saturated carbocycles. The molecular formula is C26H21FN2O2. The zero-order valence-electron chi connectivity index (χ0n) is 16.9. The second-order valence-corrected chi connectivity index (χ2v) is 7.65. The lowest BCUT2D eigenvalue weighted by Gasteiger charge is -2.20. The van der Waals surface area contributed by atoms with Gasteiger partial charge >= 0.3 is 0 Å². The van der Waals surface area contributed by atoms with Crippen LogP contribution in [0, 0.1) is 5.82 Å². The number of benzene rings is 3. The molecule has 1 amide bonds. The molecule has 0 spiro atoms. The van der Waals surface area contributed by atoms with E-state index >= 15 is 0 Å². The summed E-state index contributed by atoms with van der Waals surface area (Å²) in [6.45, 7) is 0.668. The number of amides is 1. The van der Waals surface area contributed by atoms with Gasteiger partial charge in [-0.1, -0.05) is 54.6 Å². The fraction of sp³-hybridized carbons (Fsp3) is 0.154. The highest BCUT2D eigenvalue weighted by Gasteiger charge is 2.32. The highest BCUT2D eigenvalue weighted by Crippen LogP contribution is 2.34. The van der Waals surface area contributed by atoms with Crippen molar-refractivity contribution in [2.45, 2.75) is 18.9 Å². The lowest BCUT2D eigenvalue weighted by molar-refractivity contribution is -0.127. The van der Waals surface area contributed by atoms with Crippen molar-refractivity contribution in [2.75, 3.05) is 6.54 Å². The number of halogens is 1. The van der Waals surface area contributed by atoms with Gasteiger partial charge < -0.3 is 9.32 Å². The monoisotopic (exact) mass is 412 g/mol. The van der Waals surface area contributed by atoms with Gasteiger partial charge in [-0.25, -0.2) is 9.37 Å². The molecule has 1 aliphatic heterocycles. The summed E-state index contributed by atoms with van der Waals surface area (Å²) in [5.74, 6) is 0.198. The topological polar surface area (TPSA) is 46.3 Å². The number of fused-ring (bicyclic) bond motifs is 1. The summed E-state index contributed by atoms with van der Waals surface area (Å²) < 4.78 is 20.2. The smallest absolute Gasteiger partial charge is 0.247 e. The number of nitrogens with zero attached hydrogens (tertiary/aromatic N) is 2. The maximum Gasteiger partial charge on any atom is 0.247 e. The molecule has 4 nitrogen and oxygen atoms in total. The Labute approximate surface area is 179 Å². The minimum absolute atomic E-state index is 0.0549. The largest absolute Gasteiger partial charge is 0.438 e. The summed E-state index contributed by atoms with van der Waals surface area (Å²) >= 11 is 0. The molecule has 0 N–H and O–H groups in total. The van der Waals surface area contributed by atoms with Gasteiger partial charge in [0.25, 0.3) is 0 Å². The SMILES string of the molecule is O=C(/C=C/c1ccccc1)N1CCCC1c1nc2cc(-c3ccccc3F)ccc2o1. The molecule has 1 saturated heterocycles. The molecule has 1 atom stereocenters. The number of hydrogen-bond donors (Lipinski definition) is 0. The fourth-order valence-electron chi connectivity index (χ4n) is 4.07. The first-order chi connectivity index (χ1) is 15.2. The molecule has 1 fully saturated rings. The number of aromatic nitrogens is 1. The average molecular weight is 412 g/mol. The van der Waals surface area contributed by atoms with E-state index in [2.05, 4.69) is 4.98 Å². The molecule has 2 heterocycles. The van der Waals surface area contributed by atoms with E-state index in [1.54, 1.807) is 18.2 Å². The van der Waals surface area contributed by atoms with Crippen LogP contribution in [0.5, 0.6) is 0 Å². The summed E-state index contributed by atoms with van der Waals surface area (Å²) in [6.07, 6.45) is 5.13. The molecule has 1 aromatic heterocycles. The van der Waals surface area contributed by atoms with Gasteiger partial charge in [0.2, 0.25) is 11.8 Å². The Morgan fingerprint density at radius 3 is 2.71 bits per heavy atom. The first-order valence-electron chi connectivity index (χ1n) is 10.4. The quantitative estimate of drug-likeness (QED) is 0.386. The van der Waals surface area contributed by atoms with Gasteiger partial charge in [-0.05, 0) is 48.2 Å². The van der Waals surface area contributed by atoms with Crippen molar-refractivity contribution in [3.8, 4) is 11.1 Å². The Bertz CT molecular complexity index is 1260. The first kappa shape index (κ1) is 19.2. The van der Waals surface area contributed by atoms with E-state index in [0.29, 0.717) is 29.1 Å². The van der Waals surface area contributed by atoms with Crippen molar-refractivity contribution in [2.24, 2.45) is 0 Å². The van der Waals surface area contributed by atoms with E-state index < -0.39 is 0 Å². The number of rotatable bonds is 4. The number of likely N-dealkylation sites (tertiary alicyclic amines) is 1. The Morgan fingerprint density at radius 1 is 1.06 bits per heavy atom. The van der Waals surface area contributed by atoms with E-state index in [-0.39, 0.29) is 17.8 Å². The Morgan fingerprint density at radius 2 is 1.87 bits per heavy atom. The standard InChI is InChI=1S/C26H21FN2O2/c27-21-10-5-4-9-20(21)19-13-14-24-22(17-19)28-26(31-24)23-11-6-16-29(23)25(30)15-12-18-7-2-1-3-8-18/h1-5,7-10,12-15,17,23H,6,11,16H2/b15-12+. The van der Waals surface area contributed by atoms with Gasteiger partial charge in [0.05, 0.1) is 0 Å². The predicted molar refractivity (Wildman–Crippen MR) is 119 cm³/mol. The lowest BCUT2D eigenvalue weighted by Crippen LogP contribution is -2.29. The molecule has 0 bridgehead atoms. The van der Waals surface area contributed by atoms with Gasteiger partial charge in [-0.2, -0.15) is 0 Å². The molecule has 0 radical (unpaired) electrons.